The Kier molecular flexibility index (Phi) is 3.54. The molecule has 0 bridgehead atoms. The summed E-state index contributed by atoms with van der Waals surface area (Å²) in [5.41, 5.74) is 1.51. The molecular weight excluding hydrogens is 133 g/mol. The van der Waals surface area contributed by atoms with Crippen LogP contribution in [0.3, 0.4) is 0 Å². The normalized spacial score (nSPS) is 22.7. The first-order valence-corrected chi connectivity index (χ1v) is 4.51. The van der Waals surface area contributed by atoms with Gasteiger partial charge in [-0.1, -0.05) is 0 Å². The van der Waals surface area contributed by atoms with Crippen LogP contribution in [0.5, 0.6) is 0 Å². The van der Waals surface area contributed by atoms with E-state index in [2.05, 4.69) is 25.8 Å². The summed E-state index contributed by atoms with van der Waals surface area (Å²) in [4.78, 5) is 4.26. The van der Waals surface area contributed by atoms with Crippen LogP contribution < -0.4 is 0 Å². The number of aliphatic imine (C=N–C) groups is 1. The van der Waals surface area contributed by atoms with Crippen molar-refractivity contribution in [2.45, 2.75) is 33.1 Å². The van der Waals surface area contributed by atoms with Gasteiger partial charge in [-0.3, -0.25) is 0 Å². The van der Waals surface area contributed by atoms with Gasteiger partial charge in [0.05, 0.1) is 0 Å². The fourth-order valence-electron chi connectivity index (χ4n) is 1.41. The molecule has 0 aliphatic carbocycles. The van der Waals surface area contributed by atoms with E-state index in [4.69, 9.17) is 0 Å². The molecular formula is C9H16BN. The summed E-state index contributed by atoms with van der Waals surface area (Å²) in [6.45, 7) is 7.61. The Hall–Kier alpha value is -0.395. The van der Waals surface area contributed by atoms with Gasteiger partial charge in [-0.25, -0.2) is 0 Å². The fourth-order valence-corrected chi connectivity index (χ4v) is 1.41. The van der Waals surface area contributed by atoms with Crippen LogP contribution in [0.2, 0.25) is 0 Å². The molecule has 1 atom stereocenters. The minimum atomic E-state index is 0.736. The molecule has 60 valence electrons. The van der Waals surface area contributed by atoms with E-state index in [-0.39, 0.29) is 0 Å². The molecule has 1 rings (SSSR count). The summed E-state index contributed by atoms with van der Waals surface area (Å²) < 4.78 is 0. The third-order valence-electron chi connectivity index (χ3n) is 2.32. The maximum absolute atomic E-state index is 4.26. The average Bonchev–Trinajstić information content (AvgIpc) is 2.03. The van der Waals surface area contributed by atoms with Crippen molar-refractivity contribution in [3.05, 3.63) is 0 Å². The molecule has 1 heterocycles. The van der Waals surface area contributed by atoms with Crippen molar-refractivity contribution in [2.24, 2.45) is 10.9 Å². The molecule has 0 fully saturated rings. The van der Waals surface area contributed by atoms with E-state index in [0.717, 1.165) is 12.5 Å². The van der Waals surface area contributed by atoms with E-state index in [0.29, 0.717) is 0 Å². The van der Waals surface area contributed by atoms with Gasteiger partial charge in [-0.15, -0.1) is 0 Å². The van der Waals surface area contributed by atoms with E-state index in [1.54, 1.807) is 0 Å². The van der Waals surface area contributed by atoms with Crippen LogP contribution >= 0.6 is 0 Å². The third kappa shape index (κ3) is 2.60. The molecule has 0 radical (unpaired) electrons. The van der Waals surface area contributed by atoms with Crippen molar-refractivity contribution >= 4 is 18.5 Å². The van der Waals surface area contributed by atoms with Gasteiger partial charge in [-0.2, -0.15) is 0 Å². The Labute approximate surface area is 69.8 Å². The van der Waals surface area contributed by atoms with Crippen LogP contribution in [0.4, 0.5) is 0 Å². The van der Waals surface area contributed by atoms with E-state index in [1.807, 2.05) is 6.11 Å². The number of hydrogen-bond donors (Lipinski definition) is 0. The van der Waals surface area contributed by atoms with Gasteiger partial charge in [0.1, 0.15) is 0 Å². The SMILES string of the molecule is CCCCC1CN=CB=C1C. The molecule has 2 heteroatoms. The van der Waals surface area contributed by atoms with Gasteiger partial charge in [0.15, 0.2) is 0 Å². The summed E-state index contributed by atoms with van der Waals surface area (Å²) >= 11 is 0. The molecule has 0 aromatic heterocycles. The quantitative estimate of drug-likeness (QED) is 0.542. The van der Waals surface area contributed by atoms with Crippen molar-refractivity contribution in [3.63, 3.8) is 0 Å². The Morgan fingerprint density at radius 2 is 2.55 bits per heavy atom. The fraction of sp³-hybridized carbons (Fsp3) is 0.778. The van der Waals surface area contributed by atoms with Crippen molar-refractivity contribution in [2.75, 3.05) is 6.54 Å². The second-order valence-electron chi connectivity index (χ2n) is 3.26. The first kappa shape index (κ1) is 8.70. The van der Waals surface area contributed by atoms with Gasteiger partial charge in [0.2, 0.25) is 0 Å². The molecule has 0 amide bonds. The summed E-state index contributed by atoms with van der Waals surface area (Å²) in [6, 6.07) is 0. The number of hydrogen-bond acceptors (Lipinski definition) is 1. The van der Waals surface area contributed by atoms with Crippen LogP contribution in [-0.2, 0) is 0 Å². The summed E-state index contributed by atoms with van der Waals surface area (Å²) in [7, 11) is 0. The van der Waals surface area contributed by atoms with E-state index >= 15 is 0 Å². The number of unbranched alkanes of at least 4 members (excludes halogenated alkanes) is 1. The third-order valence-corrected chi connectivity index (χ3v) is 2.32. The molecule has 0 saturated carbocycles. The van der Waals surface area contributed by atoms with Gasteiger partial charge < -0.3 is 0 Å². The summed E-state index contributed by atoms with van der Waals surface area (Å²) in [5.74, 6) is 0.736. The molecule has 11 heavy (non-hydrogen) atoms. The van der Waals surface area contributed by atoms with Crippen molar-refractivity contribution in [1.82, 2.24) is 0 Å². The molecule has 0 aromatic rings. The second-order valence-corrected chi connectivity index (χ2v) is 3.26. The Morgan fingerprint density at radius 3 is 3.18 bits per heavy atom. The van der Waals surface area contributed by atoms with E-state index < -0.39 is 0 Å². The monoisotopic (exact) mass is 149 g/mol. The number of rotatable bonds is 3. The summed E-state index contributed by atoms with van der Waals surface area (Å²) in [5, 5.41) is 0. The topological polar surface area (TPSA) is 12.4 Å². The minimum absolute atomic E-state index is 0.736. The maximum atomic E-state index is 4.26. The second kappa shape index (κ2) is 4.48. The van der Waals surface area contributed by atoms with Crippen LogP contribution in [0.1, 0.15) is 33.1 Å². The zero-order valence-electron chi connectivity index (χ0n) is 7.51. The molecule has 1 aliphatic heterocycles. The molecule has 0 spiro atoms. The van der Waals surface area contributed by atoms with Crippen molar-refractivity contribution in [1.29, 1.82) is 0 Å². The van der Waals surface area contributed by atoms with Crippen molar-refractivity contribution in [3.8, 4) is 0 Å². The molecule has 1 nitrogen and oxygen atoms in total. The van der Waals surface area contributed by atoms with Crippen LogP contribution in [0.15, 0.2) is 4.99 Å². The Bertz CT molecular complexity index is 172. The first-order valence-electron chi connectivity index (χ1n) is 4.51. The average molecular weight is 149 g/mol. The van der Waals surface area contributed by atoms with Crippen LogP contribution in [0.25, 0.3) is 0 Å². The van der Waals surface area contributed by atoms with Gasteiger partial charge in [0.25, 0.3) is 0 Å². The van der Waals surface area contributed by atoms with Crippen LogP contribution in [-0.4, -0.2) is 25.0 Å². The van der Waals surface area contributed by atoms with Crippen molar-refractivity contribution < 1.29 is 0 Å². The predicted octanol–water partition coefficient (Wildman–Crippen LogP) is 1.73. The van der Waals surface area contributed by atoms with E-state index in [1.165, 1.54) is 24.7 Å². The van der Waals surface area contributed by atoms with Crippen LogP contribution in [0, 0.1) is 5.92 Å². The van der Waals surface area contributed by atoms with Gasteiger partial charge in [-0.05, 0) is 0 Å². The molecule has 1 unspecified atom stereocenters. The Balaban J connectivity index is 2.35. The molecule has 0 saturated heterocycles. The standard InChI is InChI=1S/C9H16BN/c1-3-4-5-9-6-11-7-10-8(9)2/h7,9H,3-6H2,1-2H3. The number of nitrogens with zero attached hydrogens (tertiary/aromatic N) is 1. The molecule has 0 aromatic carbocycles. The summed E-state index contributed by atoms with van der Waals surface area (Å²) in [6.07, 6.45) is 5.88. The molecule has 1 aliphatic rings. The van der Waals surface area contributed by atoms with E-state index in [9.17, 15) is 0 Å². The first-order chi connectivity index (χ1) is 5.34. The zero-order chi connectivity index (χ0) is 8.10. The molecule has 0 N–H and O–H groups in total. The van der Waals surface area contributed by atoms with Gasteiger partial charge >= 0.3 is 69.1 Å². The Morgan fingerprint density at radius 1 is 1.73 bits per heavy atom. The zero-order valence-corrected chi connectivity index (χ0v) is 7.51. The van der Waals surface area contributed by atoms with Gasteiger partial charge in [0, 0.05) is 0 Å². The predicted molar refractivity (Wildman–Crippen MR) is 52.8 cm³/mol.